The first kappa shape index (κ1) is 49.3. The monoisotopic (exact) mass is 712 g/mol. The number of nitrogens with one attached hydrogen (secondary N) is 1. The summed E-state index contributed by atoms with van der Waals surface area (Å²) in [5, 5.41) is 43.6. The summed E-state index contributed by atoms with van der Waals surface area (Å²) >= 11 is 0. The number of rotatable bonds is 41. The molecule has 4 atom stereocenters. The average Bonchev–Trinajstić information content (AvgIpc) is 3.12. The van der Waals surface area contributed by atoms with Crippen LogP contribution < -0.4 is 5.32 Å². The van der Waals surface area contributed by atoms with Gasteiger partial charge in [0.05, 0.1) is 18.8 Å². The third kappa shape index (κ3) is 33.2. The van der Waals surface area contributed by atoms with E-state index in [0.717, 1.165) is 38.5 Å². The van der Waals surface area contributed by atoms with Crippen molar-refractivity contribution in [2.45, 2.75) is 269 Å². The number of carbonyl (C=O) groups excluding carboxylic acids is 1. The zero-order chi connectivity index (χ0) is 36.8. The summed E-state index contributed by atoms with van der Waals surface area (Å²) < 4.78 is 0. The minimum atomic E-state index is -1.25. The lowest BCUT2D eigenvalue weighted by Crippen LogP contribution is -2.53. The number of hydrogen-bond acceptors (Lipinski definition) is 5. The van der Waals surface area contributed by atoms with Gasteiger partial charge in [-0.05, 0) is 12.8 Å². The second-order valence-corrected chi connectivity index (χ2v) is 15.8. The maximum Gasteiger partial charge on any atom is 0.249 e. The Balaban J connectivity index is 3.65. The highest BCUT2D eigenvalue weighted by atomic mass is 16.3. The lowest BCUT2D eigenvalue weighted by Gasteiger charge is -2.27. The van der Waals surface area contributed by atoms with E-state index >= 15 is 0 Å². The van der Waals surface area contributed by atoms with Crippen molar-refractivity contribution in [3.8, 4) is 0 Å². The smallest absolute Gasteiger partial charge is 0.249 e. The fraction of sp³-hybridized carbons (Fsp3) is 0.977. The molecule has 1 amide bonds. The molecular formula is C44H89NO5. The number of aliphatic hydroxyl groups excluding tert-OH is 4. The van der Waals surface area contributed by atoms with Crippen molar-refractivity contribution in [2.75, 3.05) is 6.61 Å². The number of unbranched alkanes of at least 4 members (excludes halogenated alkanes) is 32. The van der Waals surface area contributed by atoms with Crippen LogP contribution in [0.4, 0.5) is 0 Å². The zero-order valence-corrected chi connectivity index (χ0v) is 33.7. The Morgan fingerprint density at radius 1 is 0.420 bits per heavy atom. The highest BCUT2D eigenvalue weighted by Gasteiger charge is 2.28. The van der Waals surface area contributed by atoms with Gasteiger partial charge in [0.15, 0.2) is 0 Å². The maximum atomic E-state index is 12.5. The van der Waals surface area contributed by atoms with E-state index in [-0.39, 0.29) is 0 Å². The molecule has 0 aromatic heterocycles. The van der Waals surface area contributed by atoms with Crippen molar-refractivity contribution in [3.05, 3.63) is 0 Å². The molecule has 6 heteroatoms. The maximum absolute atomic E-state index is 12.5. The third-order valence-electron chi connectivity index (χ3n) is 10.8. The van der Waals surface area contributed by atoms with E-state index in [2.05, 4.69) is 19.2 Å². The SMILES string of the molecule is CCCCCCCCCCCCCCCCCCCCCCCCC(O)C(=O)NC(CO)C(O)C(O)CCCCCCCCCCCCCC. The molecule has 0 fully saturated rings. The lowest BCUT2D eigenvalue weighted by molar-refractivity contribution is -0.132. The van der Waals surface area contributed by atoms with Crippen molar-refractivity contribution in [3.63, 3.8) is 0 Å². The highest BCUT2D eigenvalue weighted by Crippen LogP contribution is 2.17. The lowest BCUT2D eigenvalue weighted by atomic mass is 9.99. The molecular weight excluding hydrogens is 622 g/mol. The fourth-order valence-electron chi connectivity index (χ4n) is 7.23. The summed E-state index contributed by atoms with van der Waals surface area (Å²) in [6, 6.07) is -0.978. The third-order valence-corrected chi connectivity index (χ3v) is 10.8. The summed E-state index contributed by atoms with van der Waals surface area (Å²) in [6.07, 6.45) is 41.4. The van der Waals surface area contributed by atoms with Crippen LogP contribution in [0.3, 0.4) is 0 Å². The molecule has 0 aliphatic heterocycles. The highest BCUT2D eigenvalue weighted by molar-refractivity contribution is 5.80. The van der Waals surface area contributed by atoms with E-state index in [9.17, 15) is 25.2 Å². The van der Waals surface area contributed by atoms with Crippen molar-refractivity contribution in [2.24, 2.45) is 0 Å². The first-order valence-electron chi connectivity index (χ1n) is 22.4. The van der Waals surface area contributed by atoms with Gasteiger partial charge in [-0.1, -0.05) is 232 Å². The van der Waals surface area contributed by atoms with E-state index in [0.29, 0.717) is 12.8 Å². The molecule has 0 bridgehead atoms. The average molecular weight is 712 g/mol. The van der Waals surface area contributed by atoms with Gasteiger partial charge in [-0.2, -0.15) is 0 Å². The van der Waals surface area contributed by atoms with E-state index < -0.39 is 36.9 Å². The van der Waals surface area contributed by atoms with Gasteiger partial charge in [0, 0.05) is 0 Å². The van der Waals surface area contributed by atoms with Crippen LogP contribution in [0.1, 0.15) is 245 Å². The summed E-state index contributed by atoms with van der Waals surface area (Å²) in [7, 11) is 0. The number of carbonyl (C=O) groups is 1. The predicted octanol–water partition coefficient (Wildman–Crippen LogP) is 11.6. The Morgan fingerprint density at radius 2 is 0.680 bits per heavy atom. The standard InChI is InChI=1S/C44H89NO5/c1-3-5-7-9-11-13-15-17-18-19-20-21-22-23-24-25-26-28-30-32-34-36-38-42(48)44(50)45-40(39-46)43(49)41(47)37-35-33-31-29-27-16-14-12-10-8-6-4-2/h40-43,46-49H,3-39H2,1-2H3,(H,45,50). The van der Waals surface area contributed by atoms with Crippen LogP contribution in [0.15, 0.2) is 0 Å². The van der Waals surface area contributed by atoms with Gasteiger partial charge in [0.1, 0.15) is 12.2 Å². The Bertz CT molecular complexity index is 677. The Morgan fingerprint density at radius 3 is 0.960 bits per heavy atom. The van der Waals surface area contributed by atoms with Gasteiger partial charge in [-0.25, -0.2) is 0 Å². The molecule has 0 saturated heterocycles. The van der Waals surface area contributed by atoms with Crippen molar-refractivity contribution >= 4 is 5.91 Å². The van der Waals surface area contributed by atoms with Crippen LogP contribution >= 0.6 is 0 Å². The minimum absolute atomic E-state index is 0.376. The number of amides is 1. The topological polar surface area (TPSA) is 110 Å². The molecule has 5 N–H and O–H groups in total. The largest absolute Gasteiger partial charge is 0.394 e. The molecule has 0 aromatic rings. The summed E-state index contributed by atoms with van der Waals surface area (Å²) in [6.45, 7) is 4.06. The molecule has 300 valence electrons. The minimum Gasteiger partial charge on any atom is -0.394 e. The van der Waals surface area contributed by atoms with Gasteiger partial charge in [0.2, 0.25) is 5.91 Å². The first-order chi connectivity index (χ1) is 24.5. The van der Waals surface area contributed by atoms with Crippen LogP contribution in [0.2, 0.25) is 0 Å². The van der Waals surface area contributed by atoms with Gasteiger partial charge >= 0.3 is 0 Å². The molecule has 4 unspecified atom stereocenters. The van der Waals surface area contributed by atoms with Crippen LogP contribution in [-0.2, 0) is 4.79 Å². The van der Waals surface area contributed by atoms with Gasteiger partial charge in [-0.15, -0.1) is 0 Å². The van der Waals surface area contributed by atoms with Gasteiger partial charge < -0.3 is 25.7 Å². The van der Waals surface area contributed by atoms with E-state index in [1.807, 2.05) is 0 Å². The molecule has 50 heavy (non-hydrogen) atoms. The fourth-order valence-corrected chi connectivity index (χ4v) is 7.23. The second kappa shape index (κ2) is 39.5. The number of hydrogen-bond donors (Lipinski definition) is 5. The molecule has 0 aliphatic rings. The Kier molecular flexibility index (Phi) is 39.0. The molecule has 0 saturated carbocycles. The predicted molar refractivity (Wildman–Crippen MR) is 215 cm³/mol. The number of aliphatic hydroxyl groups is 4. The van der Waals surface area contributed by atoms with Crippen molar-refractivity contribution in [1.82, 2.24) is 5.32 Å². The molecule has 0 aromatic carbocycles. The Labute approximate surface area is 311 Å². The molecule has 0 radical (unpaired) electrons. The quantitative estimate of drug-likeness (QED) is 0.0406. The second-order valence-electron chi connectivity index (χ2n) is 15.8. The van der Waals surface area contributed by atoms with Gasteiger partial charge in [-0.3, -0.25) is 4.79 Å². The summed E-state index contributed by atoms with van der Waals surface area (Å²) in [5.41, 5.74) is 0. The van der Waals surface area contributed by atoms with Crippen LogP contribution in [0.5, 0.6) is 0 Å². The first-order valence-corrected chi connectivity index (χ1v) is 22.4. The van der Waals surface area contributed by atoms with Crippen LogP contribution in [0.25, 0.3) is 0 Å². The van der Waals surface area contributed by atoms with E-state index in [1.165, 1.54) is 180 Å². The Hall–Kier alpha value is -0.690. The van der Waals surface area contributed by atoms with Gasteiger partial charge in [0.25, 0.3) is 0 Å². The molecule has 0 aliphatic carbocycles. The molecule has 0 rings (SSSR count). The molecule has 0 spiro atoms. The molecule has 6 nitrogen and oxygen atoms in total. The van der Waals surface area contributed by atoms with Crippen LogP contribution in [0, 0.1) is 0 Å². The normalized spacial score (nSPS) is 14.1. The van der Waals surface area contributed by atoms with E-state index in [4.69, 9.17) is 0 Å². The van der Waals surface area contributed by atoms with Crippen molar-refractivity contribution < 1.29 is 25.2 Å². The molecule has 0 heterocycles. The zero-order valence-electron chi connectivity index (χ0n) is 33.7. The van der Waals surface area contributed by atoms with Crippen LogP contribution in [-0.4, -0.2) is 57.3 Å². The summed E-state index contributed by atoms with van der Waals surface area (Å²) in [4.78, 5) is 12.5. The van der Waals surface area contributed by atoms with E-state index in [1.54, 1.807) is 0 Å². The summed E-state index contributed by atoms with van der Waals surface area (Å²) in [5.74, 6) is -0.579. The van der Waals surface area contributed by atoms with Crippen molar-refractivity contribution in [1.29, 1.82) is 0 Å².